The molecule has 4 aromatic rings. The molecule has 0 saturated carbocycles. The number of hydrogen-bond acceptors (Lipinski definition) is 3. The van der Waals surface area contributed by atoms with Gasteiger partial charge in [-0.2, -0.15) is 0 Å². The predicted octanol–water partition coefficient (Wildman–Crippen LogP) is 8.52. The first-order valence-corrected chi connectivity index (χ1v) is 12.0. The molecule has 0 unspecified atom stereocenters. The van der Waals surface area contributed by atoms with Crippen LogP contribution in [0.15, 0.2) is 105 Å². The molecule has 5 rings (SSSR count). The van der Waals surface area contributed by atoms with Crippen LogP contribution in [0.25, 0.3) is 0 Å². The van der Waals surface area contributed by atoms with E-state index in [1.165, 1.54) is 5.56 Å². The average Bonchev–Trinajstić information content (AvgIpc) is 3.01. The zero-order chi connectivity index (χ0) is 23.5. The zero-order valence-electron chi connectivity index (χ0n) is 19.0. The van der Waals surface area contributed by atoms with E-state index in [0.29, 0.717) is 6.42 Å². The van der Waals surface area contributed by atoms with Gasteiger partial charge in [-0.1, -0.05) is 60.2 Å². The normalized spacial score (nSPS) is 14.1. The predicted molar refractivity (Wildman–Crippen MR) is 145 cm³/mol. The highest BCUT2D eigenvalue weighted by atomic mass is 79.9. The molecule has 0 atom stereocenters. The Morgan fingerprint density at radius 1 is 0.882 bits per heavy atom. The fourth-order valence-electron chi connectivity index (χ4n) is 3.78. The molecule has 1 N–H and O–H groups in total. The molecule has 4 nitrogen and oxygen atoms in total. The van der Waals surface area contributed by atoms with Gasteiger partial charge in [-0.3, -0.25) is 4.99 Å². The Kier molecular flexibility index (Phi) is 6.28. The Bertz CT molecular complexity index is 1410. The number of hydrogen-bond donors (Lipinski definition) is 1. The fourth-order valence-corrected chi connectivity index (χ4v) is 4.16. The van der Waals surface area contributed by atoms with Crippen LogP contribution in [0.4, 0.5) is 17.1 Å². The number of amidine groups is 1. The molecule has 1 aliphatic rings. The van der Waals surface area contributed by atoms with E-state index in [1.54, 1.807) is 0 Å². The number of benzene rings is 4. The highest BCUT2D eigenvalue weighted by Crippen LogP contribution is 2.36. The lowest BCUT2D eigenvalue weighted by molar-refractivity contribution is 0.479. The lowest BCUT2D eigenvalue weighted by Crippen LogP contribution is -2.15. The van der Waals surface area contributed by atoms with Crippen molar-refractivity contribution < 1.29 is 4.74 Å². The van der Waals surface area contributed by atoms with Gasteiger partial charge in [0.25, 0.3) is 0 Å². The Hall–Kier alpha value is -3.70. The van der Waals surface area contributed by atoms with Crippen LogP contribution < -0.4 is 10.1 Å². The standard InChI is InChI=1S/C29H24BrN3O/c1-19-11-13-21(14-12-19)26-18-29(32-24-9-5-4-8-23(24)30)33-25-16-15-22(17-27(25)31-26)34-28-10-6-3-7-20(28)2/h3-17H,18H2,1-2H3,(H,32,33). The van der Waals surface area contributed by atoms with E-state index in [0.717, 1.165) is 55.7 Å². The molecule has 0 bridgehead atoms. The maximum absolute atomic E-state index is 6.18. The lowest BCUT2D eigenvalue weighted by atomic mass is 10.1. The molecule has 34 heavy (non-hydrogen) atoms. The third-order valence-corrected chi connectivity index (χ3v) is 6.32. The Morgan fingerprint density at radius 3 is 2.44 bits per heavy atom. The number of anilines is 1. The van der Waals surface area contributed by atoms with Gasteiger partial charge in [0, 0.05) is 17.0 Å². The third kappa shape index (κ3) is 4.95. The smallest absolute Gasteiger partial charge is 0.130 e. The second kappa shape index (κ2) is 9.65. The van der Waals surface area contributed by atoms with E-state index in [1.807, 2.05) is 73.7 Å². The van der Waals surface area contributed by atoms with E-state index in [4.69, 9.17) is 14.7 Å². The van der Waals surface area contributed by atoms with Crippen molar-refractivity contribution in [2.24, 2.45) is 9.98 Å². The number of aryl methyl sites for hydroxylation is 2. The summed E-state index contributed by atoms with van der Waals surface area (Å²) in [5, 5.41) is 3.51. The van der Waals surface area contributed by atoms with Gasteiger partial charge in [-0.15, -0.1) is 0 Å². The minimum Gasteiger partial charge on any atom is -0.457 e. The summed E-state index contributed by atoms with van der Waals surface area (Å²) in [5.74, 6) is 2.41. The number of nitrogens with zero attached hydrogens (tertiary/aromatic N) is 2. The van der Waals surface area contributed by atoms with Crippen LogP contribution in [-0.2, 0) is 0 Å². The largest absolute Gasteiger partial charge is 0.457 e. The molecular weight excluding hydrogens is 486 g/mol. The van der Waals surface area contributed by atoms with Gasteiger partial charge >= 0.3 is 0 Å². The summed E-state index contributed by atoms with van der Waals surface area (Å²) in [6.45, 7) is 4.13. The molecule has 0 aliphatic carbocycles. The first kappa shape index (κ1) is 22.1. The number of halogens is 1. The maximum Gasteiger partial charge on any atom is 0.130 e. The van der Waals surface area contributed by atoms with E-state index < -0.39 is 0 Å². The number of para-hydroxylation sites is 2. The molecule has 0 fully saturated rings. The molecule has 0 aromatic heterocycles. The Morgan fingerprint density at radius 2 is 1.65 bits per heavy atom. The summed E-state index contributed by atoms with van der Waals surface area (Å²) in [4.78, 5) is 9.98. The second-order valence-electron chi connectivity index (χ2n) is 8.28. The van der Waals surface area contributed by atoms with Crippen LogP contribution in [-0.4, -0.2) is 11.5 Å². The van der Waals surface area contributed by atoms with Crippen molar-refractivity contribution in [3.63, 3.8) is 0 Å². The van der Waals surface area contributed by atoms with Gasteiger partial charge in [0.05, 0.1) is 22.8 Å². The molecular formula is C29H24BrN3O. The Balaban J connectivity index is 1.57. The zero-order valence-corrected chi connectivity index (χ0v) is 20.6. The third-order valence-electron chi connectivity index (χ3n) is 5.65. The molecule has 1 aliphatic heterocycles. The van der Waals surface area contributed by atoms with Gasteiger partial charge in [-0.05, 0) is 71.2 Å². The van der Waals surface area contributed by atoms with E-state index in [2.05, 4.69) is 52.4 Å². The fraction of sp³-hybridized carbons (Fsp3) is 0.103. The molecule has 0 radical (unpaired) electrons. The van der Waals surface area contributed by atoms with Crippen molar-refractivity contribution >= 4 is 44.5 Å². The maximum atomic E-state index is 6.18. The van der Waals surface area contributed by atoms with Gasteiger partial charge in [-0.25, -0.2) is 4.99 Å². The number of ether oxygens (including phenoxy) is 1. The number of fused-ring (bicyclic) bond motifs is 1. The highest BCUT2D eigenvalue weighted by Gasteiger charge is 2.18. The number of nitrogens with one attached hydrogen (secondary N) is 1. The minimum atomic E-state index is 0.576. The molecule has 0 spiro atoms. The van der Waals surface area contributed by atoms with E-state index in [-0.39, 0.29) is 0 Å². The van der Waals surface area contributed by atoms with Crippen LogP contribution in [0, 0.1) is 13.8 Å². The SMILES string of the molecule is Cc1ccc(C2=Nc3cc(Oc4ccccc4C)ccc3NC(=Nc3ccccc3Br)C2)cc1. The summed E-state index contributed by atoms with van der Waals surface area (Å²) in [7, 11) is 0. The molecule has 1 heterocycles. The van der Waals surface area contributed by atoms with Crippen molar-refractivity contribution in [2.75, 3.05) is 5.32 Å². The molecule has 5 heteroatoms. The molecule has 168 valence electrons. The first-order valence-electron chi connectivity index (χ1n) is 11.2. The monoisotopic (exact) mass is 509 g/mol. The first-order chi connectivity index (χ1) is 16.5. The van der Waals surface area contributed by atoms with Gasteiger partial charge in [0.2, 0.25) is 0 Å². The number of aliphatic imine (C=N–C) groups is 2. The van der Waals surface area contributed by atoms with Crippen molar-refractivity contribution in [1.29, 1.82) is 0 Å². The van der Waals surface area contributed by atoms with Gasteiger partial charge < -0.3 is 10.1 Å². The van der Waals surface area contributed by atoms with Crippen LogP contribution in [0.3, 0.4) is 0 Å². The summed E-state index contributed by atoms with van der Waals surface area (Å²) >= 11 is 3.61. The van der Waals surface area contributed by atoms with Crippen molar-refractivity contribution in [3.8, 4) is 11.5 Å². The van der Waals surface area contributed by atoms with Crippen molar-refractivity contribution in [1.82, 2.24) is 0 Å². The summed E-state index contributed by atoms with van der Waals surface area (Å²) in [5.41, 5.74) is 6.91. The summed E-state index contributed by atoms with van der Waals surface area (Å²) in [6, 6.07) is 30.3. The average molecular weight is 510 g/mol. The summed E-state index contributed by atoms with van der Waals surface area (Å²) in [6.07, 6.45) is 0.576. The van der Waals surface area contributed by atoms with Crippen LogP contribution in [0.1, 0.15) is 23.1 Å². The van der Waals surface area contributed by atoms with Gasteiger partial charge in [0.1, 0.15) is 17.3 Å². The van der Waals surface area contributed by atoms with Crippen LogP contribution in [0.5, 0.6) is 11.5 Å². The number of rotatable bonds is 4. The van der Waals surface area contributed by atoms with Crippen LogP contribution in [0.2, 0.25) is 0 Å². The van der Waals surface area contributed by atoms with Crippen LogP contribution >= 0.6 is 15.9 Å². The lowest BCUT2D eigenvalue weighted by Gasteiger charge is -2.12. The van der Waals surface area contributed by atoms with Crippen molar-refractivity contribution in [3.05, 3.63) is 112 Å². The van der Waals surface area contributed by atoms with E-state index in [9.17, 15) is 0 Å². The highest BCUT2D eigenvalue weighted by molar-refractivity contribution is 9.10. The summed E-state index contributed by atoms with van der Waals surface area (Å²) < 4.78 is 7.13. The topological polar surface area (TPSA) is 46.0 Å². The quantitative estimate of drug-likeness (QED) is 0.299. The minimum absolute atomic E-state index is 0.576. The Labute approximate surface area is 208 Å². The van der Waals surface area contributed by atoms with Crippen molar-refractivity contribution in [2.45, 2.75) is 20.3 Å². The second-order valence-corrected chi connectivity index (χ2v) is 9.14. The van der Waals surface area contributed by atoms with E-state index >= 15 is 0 Å². The van der Waals surface area contributed by atoms with Gasteiger partial charge in [0.15, 0.2) is 0 Å². The molecule has 0 saturated heterocycles. The molecule has 0 amide bonds. The molecule has 4 aromatic carbocycles.